The predicted octanol–water partition coefficient (Wildman–Crippen LogP) is 3.84. The van der Waals surface area contributed by atoms with Crippen molar-refractivity contribution in [1.29, 1.82) is 0 Å². The monoisotopic (exact) mass is 358 g/mol. The summed E-state index contributed by atoms with van der Waals surface area (Å²) in [6.45, 7) is 5.54. The van der Waals surface area contributed by atoms with Crippen molar-refractivity contribution in [2.24, 2.45) is 7.05 Å². The number of amides is 1. The summed E-state index contributed by atoms with van der Waals surface area (Å²) >= 11 is 6.25. The van der Waals surface area contributed by atoms with Crippen molar-refractivity contribution < 1.29 is 9.32 Å². The van der Waals surface area contributed by atoms with Crippen molar-refractivity contribution >= 4 is 17.5 Å². The molecule has 0 saturated heterocycles. The average Bonchev–Trinajstić information content (AvgIpc) is 3.10. The first-order valence-corrected chi connectivity index (χ1v) is 8.28. The quantitative estimate of drug-likeness (QED) is 0.769. The molecule has 1 N–H and O–H groups in total. The molecular weight excluding hydrogens is 340 g/mol. The Labute approximate surface area is 150 Å². The fourth-order valence-corrected chi connectivity index (χ4v) is 3.09. The number of carbonyl (C=O) groups is 1. The highest BCUT2D eigenvalue weighted by molar-refractivity contribution is 6.33. The van der Waals surface area contributed by atoms with Crippen LogP contribution < -0.4 is 5.32 Å². The summed E-state index contributed by atoms with van der Waals surface area (Å²) in [5.41, 5.74) is 3.33. The van der Waals surface area contributed by atoms with Gasteiger partial charge >= 0.3 is 0 Å². The molecule has 0 spiro atoms. The molecule has 0 aliphatic heterocycles. The van der Waals surface area contributed by atoms with Crippen molar-refractivity contribution in [3.05, 3.63) is 58.1 Å². The van der Waals surface area contributed by atoms with E-state index in [1.807, 2.05) is 45.3 Å². The molecular formula is C18H19ClN4O2. The lowest BCUT2D eigenvalue weighted by molar-refractivity contribution is 0.0939. The Bertz CT molecular complexity index is 929. The van der Waals surface area contributed by atoms with Crippen LogP contribution in [0.1, 0.15) is 40.3 Å². The molecule has 0 saturated carbocycles. The van der Waals surface area contributed by atoms with Crippen molar-refractivity contribution in [3.8, 4) is 11.3 Å². The van der Waals surface area contributed by atoms with Crippen LogP contribution in [0.15, 0.2) is 35.0 Å². The number of halogens is 1. The van der Waals surface area contributed by atoms with E-state index < -0.39 is 0 Å². The molecule has 1 amide bonds. The van der Waals surface area contributed by atoms with E-state index in [4.69, 9.17) is 16.1 Å². The number of carbonyl (C=O) groups excluding carboxylic acids is 1. The van der Waals surface area contributed by atoms with Crippen LogP contribution in [-0.2, 0) is 7.05 Å². The van der Waals surface area contributed by atoms with Gasteiger partial charge in [0.15, 0.2) is 0 Å². The normalized spacial score (nSPS) is 12.2. The predicted molar refractivity (Wildman–Crippen MR) is 95.5 cm³/mol. The molecule has 3 aromatic rings. The minimum atomic E-state index is -0.260. The zero-order valence-corrected chi connectivity index (χ0v) is 15.3. The maximum atomic E-state index is 12.9. The molecule has 0 aliphatic carbocycles. The van der Waals surface area contributed by atoms with E-state index in [2.05, 4.69) is 15.6 Å². The van der Waals surface area contributed by atoms with Gasteiger partial charge in [-0.25, -0.2) is 0 Å². The van der Waals surface area contributed by atoms with Crippen LogP contribution in [0, 0.1) is 13.8 Å². The Kier molecular flexibility index (Phi) is 4.63. The first-order chi connectivity index (χ1) is 11.9. The van der Waals surface area contributed by atoms with E-state index >= 15 is 0 Å². The van der Waals surface area contributed by atoms with E-state index in [1.165, 1.54) is 0 Å². The molecule has 0 radical (unpaired) electrons. The van der Waals surface area contributed by atoms with Crippen molar-refractivity contribution in [1.82, 2.24) is 20.3 Å². The number of aryl methyl sites for hydroxylation is 3. The van der Waals surface area contributed by atoms with Crippen LogP contribution >= 0.6 is 11.6 Å². The lowest BCUT2D eigenvalue weighted by Gasteiger charge is -2.13. The van der Waals surface area contributed by atoms with E-state index in [0.717, 1.165) is 11.3 Å². The molecule has 130 valence electrons. The zero-order chi connectivity index (χ0) is 18.1. The topological polar surface area (TPSA) is 73.0 Å². The molecule has 0 fully saturated rings. The smallest absolute Gasteiger partial charge is 0.257 e. The van der Waals surface area contributed by atoms with Crippen LogP contribution in [0.25, 0.3) is 11.3 Å². The van der Waals surface area contributed by atoms with Gasteiger partial charge in [0, 0.05) is 24.4 Å². The van der Waals surface area contributed by atoms with Crippen LogP contribution in [0.5, 0.6) is 0 Å². The standard InChI is InChI=1S/C18H19ClN4O2/c1-10(14-9-23(4)21-11(14)2)20-18(24)16-12(3)25-22-17(16)13-7-5-6-8-15(13)19/h5-10H,1-4H3,(H,20,24). The average molecular weight is 359 g/mol. The summed E-state index contributed by atoms with van der Waals surface area (Å²) in [6, 6.07) is 7.03. The fraction of sp³-hybridized carbons (Fsp3) is 0.278. The lowest BCUT2D eigenvalue weighted by atomic mass is 10.0. The third kappa shape index (κ3) is 3.30. The number of hydrogen-bond donors (Lipinski definition) is 1. The van der Waals surface area contributed by atoms with Gasteiger partial charge in [-0.15, -0.1) is 0 Å². The second kappa shape index (κ2) is 6.72. The Morgan fingerprint density at radius 2 is 2.04 bits per heavy atom. The molecule has 0 aliphatic rings. The fourth-order valence-electron chi connectivity index (χ4n) is 2.87. The first-order valence-electron chi connectivity index (χ1n) is 7.90. The zero-order valence-electron chi connectivity index (χ0n) is 14.5. The first kappa shape index (κ1) is 17.2. The summed E-state index contributed by atoms with van der Waals surface area (Å²) < 4.78 is 6.98. The van der Waals surface area contributed by atoms with Gasteiger partial charge < -0.3 is 9.84 Å². The molecule has 6 nitrogen and oxygen atoms in total. The summed E-state index contributed by atoms with van der Waals surface area (Å²) in [5, 5.41) is 11.8. The lowest BCUT2D eigenvalue weighted by Crippen LogP contribution is -2.27. The third-order valence-electron chi connectivity index (χ3n) is 4.08. The minimum Gasteiger partial charge on any atom is -0.360 e. The highest BCUT2D eigenvalue weighted by Crippen LogP contribution is 2.31. The number of benzene rings is 1. The van der Waals surface area contributed by atoms with Crippen LogP contribution in [0.4, 0.5) is 0 Å². The van der Waals surface area contributed by atoms with Crippen LogP contribution in [-0.4, -0.2) is 20.8 Å². The van der Waals surface area contributed by atoms with Gasteiger partial charge in [-0.05, 0) is 26.8 Å². The minimum absolute atomic E-state index is 0.199. The molecule has 1 aromatic carbocycles. The highest BCUT2D eigenvalue weighted by Gasteiger charge is 2.25. The van der Waals surface area contributed by atoms with Gasteiger partial charge in [0.05, 0.1) is 16.8 Å². The van der Waals surface area contributed by atoms with E-state index in [1.54, 1.807) is 17.7 Å². The molecule has 7 heteroatoms. The maximum absolute atomic E-state index is 12.9. The van der Waals surface area contributed by atoms with E-state index in [-0.39, 0.29) is 11.9 Å². The van der Waals surface area contributed by atoms with E-state index in [9.17, 15) is 4.79 Å². The summed E-state index contributed by atoms with van der Waals surface area (Å²) in [7, 11) is 1.85. The number of rotatable bonds is 4. The number of nitrogens with zero attached hydrogens (tertiary/aromatic N) is 3. The third-order valence-corrected chi connectivity index (χ3v) is 4.41. The highest BCUT2D eigenvalue weighted by atomic mass is 35.5. The SMILES string of the molecule is Cc1nn(C)cc1C(C)NC(=O)c1c(-c2ccccc2Cl)noc1C. The largest absolute Gasteiger partial charge is 0.360 e. The summed E-state index contributed by atoms with van der Waals surface area (Å²) in [5.74, 6) is 0.187. The van der Waals surface area contributed by atoms with E-state index in [0.29, 0.717) is 27.6 Å². The van der Waals surface area contributed by atoms with Crippen molar-refractivity contribution in [3.63, 3.8) is 0 Å². The molecule has 2 aromatic heterocycles. The van der Waals surface area contributed by atoms with Crippen molar-refractivity contribution in [2.75, 3.05) is 0 Å². The molecule has 25 heavy (non-hydrogen) atoms. The Morgan fingerprint density at radius 3 is 2.68 bits per heavy atom. The van der Waals surface area contributed by atoms with Gasteiger partial charge in [0.25, 0.3) is 5.91 Å². The van der Waals surface area contributed by atoms with Crippen molar-refractivity contribution in [2.45, 2.75) is 26.8 Å². The van der Waals surface area contributed by atoms with Crippen LogP contribution in [0.3, 0.4) is 0 Å². The molecule has 1 atom stereocenters. The van der Waals surface area contributed by atoms with Crippen LogP contribution in [0.2, 0.25) is 5.02 Å². The van der Waals surface area contributed by atoms with Gasteiger partial charge in [0.2, 0.25) is 0 Å². The van der Waals surface area contributed by atoms with Gasteiger partial charge in [-0.1, -0.05) is 35.0 Å². The number of hydrogen-bond acceptors (Lipinski definition) is 4. The molecule has 0 bridgehead atoms. The maximum Gasteiger partial charge on any atom is 0.257 e. The molecule has 1 unspecified atom stereocenters. The second-order valence-corrected chi connectivity index (χ2v) is 6.39. The molecule has 2 heterocycles. The summed E-state index contributed by atoms with van der Waals surface area (Å²) in [4.78, 5) is 12.9. The second-order valence-electron chi connectivity index (χ2n) is 5.98. The van der Waals surface area contributed by atoms with Gasteiger partial charge in [0.1, 0.15) is 17.0 Å². The van der Waals surface area contributed by atoms with Gasteiger partial charge in [-0.2, -0.15) is 5.10 Å². The molecule has 3 rings (SSSR count). The number of aromatic nitrogens is 3. The number of nitrogens with one attached hydrogen (secondary N) is 1. The Hall–Kier alpha value is -2.60. The Balaban J connectivity index is 1.92. The Morgan fingerprint density at radius 1 is 1.32 bits per heavy atom. The van der Waals surface area contributed by atoms with Gasteiger partial charge in [-0.3, -0.25) is 9.48 Å². The summed E-state index contributed by atoms with van der Waals surface area (Å²) in [6.07, 6.45) is 1.90.